The van der Waals surface area contributed by atoms with E-state index in [9.17, 15) is 4.39 Å². The van der Waals surface area contributed by atoms with E-state index in [0.717, 1.165) is 0 Å². The van der Waals surface area contributed by atoms with E-state index in [-0.39, 0.29) is 6.42 Å². The summed E-state index contributed by atoms with van der Waals surface area (Å²) < 4.78 is 15.7. The van der Waals surface area contributed by atoms with Crippen LogP contribution in [-0.4, -0.2) is 18.8 Å². The van der Waals surface area contributed by atoms with Crippen molar-refractivity contribution in [2.45, 2.75) is 6.42 Å². The molecular weight excluding hydrogens is 115 g/mol. The highest BCUT2D eigenvalue weighted by Crippen LogP contribution is 1.86. The molecule has 0 saturated carbocycles. The molecule has 0 radical (unpaired) electrons. The van der Waals surface area contributed by atoms with Crippen LogP contribution in [0.1, 0.15) is 6.42 Å². The van der Waals surface area contributed by atoms with Crippen LogP contribution >= 0.6 is 12.2 Å². The van der Waals surface area contributed by atoms with Gasteiger partial charge in [-0.3, -0.25) is 4.39 Å². The normalized spacial score (nSPS) is 8.29. The van der Waals surface area contributed by atoms with E-state index in [4.69, 9.17) is 0 Å². The van der Waals surface area contributed by atoms with Gasteiger partial charge in [0.1, 0.15) is 0 Å². The first-order chi connectivity index (χ1) is 3.31. The highest BCUT2D eigenvalue weighted by atomic mass is 32.1. The second-order valence-electron chi connectivity index (χ2n) is 1.02. The zero-order valence-electron chi connectivity index (χ0n) is 4.11. The predicted octanol–water partition coefficient (Wildman–Crippen LogP) is 1.32. The molecule has 0 heterocycles. The zero-order valence-corrected chi connectivity index (χ0v) is 4.93. The lowest BCUT2D eigenvalue weighted by Crippen LogP contribution is -1.96. The van der Waals surface area contributed by atoms with Gasteiger partial charge in [-0.05, 0) is 12.2 Å². The monoisotopic (exact) mass is 122 g/mol. The van der Waals surface area contributed by atoms with Crippen molar-refractivity contribution in [1.82, 2.24) is 0 Å². The molecule has 3 heteroatoms. The fraction of sp³-hybridized carbons (Fsp3) is 0.750. The van der Waals surface area contributed by atoms with Crippen LogP contribution in [0.4, 0.5) is 4.39 Å². The first kappa shape index (κ1) is 6.82. The van der Waals surface area contributed by atoms with E-state index < -0.39 is 6.67 Å². The maximum atomic E-state index is 11.3. The molecule has 0 saturated heterocycles. The van der Waals surface area contributed by atoms with Crippen LogP contribution in [0.3, 0.4) is 0 Å². The highest BCUT2D eigenvalue weighted by molar-refractivity contribution is 7.80. The zero-order chi connectivity index (χ0) is 5.70. The van der Waals surface area contributed by atoms with Crippen molar-refractivity contribution in [3.8, 4) is 0 Å². The fourth-order valence-corrected chi connectivity index (χ4v) is 0.256. The van der Waals surface area contributed by atoms with Gasteiger partial charge in [-0.1, -0.05) is 0 Å². The summed E-state index contributed by atoms with van der Waals surface area (Å²) in [4.78, 5) is 0. The molecule has 0 amide bonds. The third-order valence-electron chi connectivity index (χ3n) is 0.526. The van der Waals surface area contributed by atoms with Gasteiger partial charge in [-0.15, -0.1) is 0 Å². The predicted molar refractivity (Wildman–Crippen MR) is 30.2 cm³/mol. The SMILES string of the molecule is COC(=S)CCF. The lowest BCUT2D eigenvalue weighted by Gasteiger charge is -1.93. The Morgan fingerprint density at radius 1 is 1.86 bits per heavy atom. The van der Waals surface area contributed by atoms with Gasteiger partial charge in [0.25, 0.3) is 0 Å². The lowest BCUT2D eigenvalue weighted by molar-refractivity contribution is 0.388. The Kier molecular flexibility index (Phi) is 3.89. The van der Waals surface area contributed by atoms with Gasteiger partial charge in [-0.25, -0.2) is 0 Å². The fourth-order valence-electron chi connectivity index (χ4n) is 0.179. The molecule has 42 valence electrons. The van der Waals surface area contributed by atoms with Gasteiger partial charge in [0.15, 0.2) is 5.05 Å². The number of halogens is 1. The average Bonchev–Trinajstić information content (AvgIpc) is 1.68. The van der Waals surface area contributed by atoms with Crippen LogP contribution < -0.4 is 0 Å². The molecule has 0 atom stereocenters. The van der Waals surface area contributed by atoms with E-state index >= 15 is 0 Å². The molecule has 7 heavy (non-hydrogen) atoms. The van der Waals surface area contributed by atoms with Crippen LogP contribution in [0, 0.1) is 0 Å². The number of methoxy groups -OCH3 is 1. The molecule has 0 aliphatic heterocycles. The second kappa shape index (κ2) is 3.99. The summed E-state index contributed by atoms with van der Waals surface area (Å²) in [6, 6.07) is 0. The molecule has 0 aliphatic carbocycles. The van der Waals surface area contributed by atoms with Gasteiger partial charge in [-0.2, -0.15) is 0 Å². The van der Waals surface area contributed by atoms with Crippen LogP contribution in [0.5, 0.6) is 0 Å². The number of thiocarbonyl (C=S) groups is 1. The lowest BCUT2D eigenvalue weighted by atomic mass is 10.5. The van der Waals surface area contributed by atoms with Gasteiger partial charge in [0.05, 0.1) is 13.8 Å². The van der Waals surface area contributed by atoms with Crippen molar-refractivity contribution in [2.24, 2.45) is 0 Å². The summed E-state index contributed by atoms with van der Waals surface area (Å²) in [6.45, 7) is -0.424. The van der Waals surface area contributed by atoms with E-state index in [2.05, 4.69) is 17.0 Å². The summed E-state index contributed by atoms with van der Waals surface area (Å²) >= 11 is 4.49. The van der Waals surface area contributed by atoms with Crippen molar-refractivity contribution in [3.05, 3.63) is 0 Å². The molecule has 0 bridgehead atoms. The van der Waals surface area contributed by atoms with Crippen molar-refractivity contribution < 1.29 is 9.13 Å². The molecule has 0 unspecified atom stereocenters. The minimum Gasteiger partial charge on any atom is -0.490 e. The van der Waals surface area contributed by atoms with Crippen molar-refractivity contribution in [1.29, 1.82) is 0 Å². The van der Waals surface area contributed by atoms with Crippen LogP contribution in [-0.2, 0) is 4.74 Å². The first-order valence-corrected chi connectivity index (χ1v) is 2.35. The maximum absolute atomic E-state index is 11.3. The molecule has 0 rings (SSSR count). The summed E-state index contributed by atoms with van der Waals surface area (Å²) in [5.74, 6) is 0. The van der Waals surface area contributed by atoms with Crippen LogP contribution in [0.15, 0.2) is 0 Å². The molecule has 0 spiro atoms. The number of ether oxygens (including phenoxy) is 1. The first-order valence-electron chi connectivity index (χ1n) is 1.94. The molecule has 0 fully saturated rings. The largest absolute Gasteiger partial charge is 0.490 e. The van der Waals surface area contributed by atoms with Gasteiger partial charge in [0, 0.05) is 6.42 Å². The Labute approximate surface area is 47.5 Å². The van der Waals surface area contributed by atoms with Gasteiger partial charge in [0.2, 0.25) is 0 Å². The Balaban J connectivity index is 3.00. The van der Waals surface area contributed by atoms with E-state index in [1.54, 1.807) is 0 Å². The quantitative estimate of drug-likeness (QED) is 0.511. The Bertz CT molecular complexity index is 64.7. The summed E-state index contributed by atoms with van der Waals surface area (Å²) in [6.07, 6.45) is 0.242. The second-order valence-corrected chi connectivity index (χ2v) is 1.47. The summed E-state index contributed by atoms with van der Waals surface area (Å²) in [5, 5.41) is 0.336. The van der Waals surface area contributed by atoms with Crippen molar-refractivity contribution >= 4 is 17.3 Å². The van der Waals surface area contributed by atoms with Crippen molar-refractivity contribution in [2.75, 3.05) is 13.8 Å². The van der Waals surface area contributed by atoms with E-state index in [1.165, 1.54) is 7.11 Å². The smallest absolute Gasteiger partial charge is 0.161 e. The molecular formula is C4H7FOS. The van der Waals surface area contributed by atoms with E-state index in [0.29, 0.717) is 5.05 Å². The molecule has 0 aromatic carbocycles. The molecule has 0 N–H and O–H groups in total. The minimum absolute atomic E-state index is 0.242. The number of alkyl halides is 1. The summed E-state index contributed by atoms with van der Waals surface area (Å²) in [5.41, 5.74) is 0. The maximum Gasteiger partial charge on any atom is 0.161 e. The Hall–Kier alpha value is -0.180. The van der Waals surface area contributed by atoms with E-state index in [1.807, 2.05) is 0 Å². The number of rotatable bonds is 2. The summed E-state index contributed by atoms with van der Waals surface area (Å²) in [7, 11) is 1.44. The molecule has 1 nitrogen and oxygen atoms in total. The third-order valence-corrected chi connectivity index (χ3v) is 0.897. The topological polar surface area (TPSA) is 9.23 Å². The van der Waals surface area contributed by atoms with Gasteiger partial charge < -0.3 is 4.74 Å². The van der Waals surface area contributed by atoms with Gasteiger partial charge >= 0.3 is 0 Å². The van der Waals surface area contributed by atoms with Crippen molar-refractivity contribution in [3.63, 3.8) is 0 Å². The molecule has 0 aromatic rings. The highest BCUT2D eigenvalue weighted by Gasteiger charge is 1.89. The third kappa shape index (κ3) is 3.66. The Morgan fingerprint density at radius 3 is 2.57 bits per heavy atom. The molecule has 0 aliphatic rings. The minimum atomic E-state index is -0.424. The molecule has 0 aromatic heterocycles. The van der Waals surface area contributed by atoms with Crippen LogP contribution in [0.2, 0.25) is 0 Å². The average molecular weight is 122 g/mol. The Morgan fingerprint density at radius 2 is 2.43 bits per heavy atom. The number of hydrogen-bond donors (Lipinski definition) is 0. The van der Waals surface area contributed by atoms with Crippen LogP contribution in [0.25, 0.3) is 0 Å². The standard InChI is InChI=1S/C4H7FOS/c1-6-4(7)2-3-5/h2-3H2,1H3. The number of hydrogen-bond acceptors (Lipinski definition) is 2.